The van der Waals surface area contributed by atoms with Crippen LogP contribution in [-0.4, -0.2) is 44.0 Å². The molecular formula is C9H17N3O4S2. The molecule has 0 radical (unpaired) electrons. The molecule has 0 aromatic heterocycles. The fourth-order valence-electron chi connectivity index (χ4n) is 1.68. The SMILES string of the molecule is COC(=O)NS(=O)(=O)N1CCC(C)(C(N)=S)CC1. The van der Waals surface area contributed by atoms with Gasteiger partial charge in [0.2, 0.25) is 0 Å². The second-order valence-electron chi connectivity index (χ2n) is 4.42. The number of nitrogens with zero attached hydrogens (tertiary/aromatic N) is 1. The Hall–Kier alpha value is -0.930. The molecule has 0 aliphatic carbocycles. The summed E-state index contributed by atoms with van der Waals surface area (Å²) in [5.74, 6) is 0. The van der Waals surface area contributed by atoms with Crippen molar-refractivity contribution < 1.29 is 17.9 Å². The Labute approximate surface area is 112 Å². The summed E-state index contributed by atoms with van der Waals surface area (Å²) in [6.45, 7) is 2.44. The molecule has 0 unspecified atom stereocenters. The number of thiocarbonyl (C=S) groups is 1. The van der Waals surface area contributed by atoms with Gasteiger partial charge in [-0.2, -0.15) is 12.7 Å². The van der Waals surface area contributed by atoms with E-state index in [1.807, 2.05) is 6.92 Å². The minimum absolute atomic E-state index is 0.264. The van der Waals surface area contributed by atoms with Crippen LogP contribution < -0.4 is 10.5 Å². The summed E-state index contributed by atoms with van der Waals surface area (Å²) in [6, 6.07) is 0. The first kappa shape index (κ1) is 15.1. The average molecular weight is 295 g/mol. The van der Waals surface area contributed by atoms with E-state index in [2.05, 4.69) is 4.74 Å². The first-order chi connectivity index (χ1) is 8.21. The van der Waals surface area contributed by atoms with Gasteiger partial charge in [0.05, 0.1) is 12.1 Å². The largest absolute Gasteiger partial charge is 0.452 e. The maximum atomic E-state index is 11.8. The summed E-state index contributed by atoms with van der Waals surface area (Å²) >= 11 is 4.97. The monoisotopic (exact) mass is 295 g/mol. The molecule has 1 rings (SSSR count). The predicted molar refractivity (Wildman–Crippen MR) is 70.2 cm³/mol. The van der Waals surface area contributed by atoms with E-state index in [-0.39, 0.29) is 18.5 Å². The molecule has 1 heterocycles. The number of carbonyl (C=O) groups is 1. The lowest BCUT2D eigenvalue weighted by atomic mass is 9.81. The lowest BCUT2D eigenvalue weighted by molar-refractivity contribution is 0.176. The van der Waals surface area contributed by atoms with Crippen molar-refractivity contribution in [3.8, 4) is 0 Å². The predicted octanol–water partition coefficient (Wildman–Crippen LogP) is -0.0246. The quantitative estimate of drug-likeness (QED) is 0.709. The standard InChI is InChI=1S/C9H17N3O4S2/c1-9(7(10)17)3-5-12(6-4-9)18(14,15)11-8(13)16-2/h3-6H2,1-2H3,(H2,10,17)(H,11,13). The van der Waals surface area contributed by atoms with Crippen LogP contribution in [0.3, 0.4) is 0 Å². The number of nitrogens with one attached hydrogen (secondary N) is 1. The summed E-state index contributed by atoms with van der Waals surface area (Å²) in [7, 11) is -2.74. The summed E-state index contributed by atoms with van der Waals surface area (Å²) in [6.07, 6.45) is 0.0622. The molecule has 104 valence electrons. The summed E-state index contributed by atoms with van der Waals surface area (Å²) < 4.78 is 30.8. The fraction of sp³-hybridized carbons (Fsp3) is 0.778. The van der Waals surface area contributed by atoms with E-state index in [0.29, 0.717) is 17.8 Å². The van der Waals surface area contributed by atoms with Crippen LogP contribution in [0, 0.1) is 5.41 Å². The van der Waals surface area contributed by atoms with E-state index < -0.39 is 16.3 Å². The molecule has 0 bridgehead atoms. The zero-order chi connectivity index (χ0) is 14.0. The highest BCUT2D eigenvalue weighted by molar-refractivity contribution is 7.87. The number of amides is 1. The van der Waals surface area contributed by atoms with E-state index in [1.165, 1.54) is 4.31 Å². The first-order valence-corrected chi connectivity index (χ1v) is 7.22. The van der Waals surface area contributed by atoms with Crippen LogP contribution >= 0.6 is 12.2 Å². The highest BCUT2D eigenvalue weighted by atomic mass is 32.2. The van der Waals surface area contributed by atoms with Crippen molar-refractivity contribution in [3.63, 3.8) is 0 Å². The van der Waals surface area contributed by atoms with Gasteiger partial charge in [0.15, 0.2) is 0 Å². The molecule has 0 aromatic carbocycles. The highest BCUT2D eigenvalue weighted by Crippen LogP contribution is 2.31. The van der Waals surface area contributed by atoms with E-state index in [0.717, 1.165) is 7.11 Å². The molecule has 0 atom stereocenters. The molecule has 1 aliphatic rings. The fourth-order valence-corrected chi connectivity index (χ4v) is 2.97. The average Bonchev–Trinajstić information content (AvgIpc) is 2.28. The van der Waals surface area contributed by atoms with Crippen molar-refractivity contribution in [1.82, 2.24) is 9.03 Å². The molecule has 1 amide bonds. The molecule has 3 N–H and O–H groups in total. The van der Waals surface area contributed by atoms with Crippen molar-refractivity contribution in [3.05, 3.63) is 0 Å². The number of methoxy groups -OCH3 is 1. The van der Waals surface area contributed by atoms with Crippen molar-refractivity contribution in [2.45, 2.75) is 19.8 Å². The Balaban J connectivity index is 2.68. The van der Waals surface area contributed by atoms with Crippen molar-refractivity contribution >= 4 is 33.5 Å². The number of carbonyl (C=O) groups excluding carboxylic acids is 1. The molecule has 9 heteroatoms. The Kier molecular flexibility index (Phi) is 4.51. The number of piperidine rings is 1. The number of hydrogen-bond acceptors (Lipinski definition) is 5. The third-order valence-corrected chi connectivity index (χ3v) is 5.12. The van der Waals surface area contributed by atoms with Crippen LogP contribution in [0.1, 0.15) is 19.8 Å². The zero-order valence-electron chi connectivity index (χ0n) is 10.3. The summed E-state index contributed by atoms with van der Waals surface area (Å²) in [5.41, 5.74) is 5.31. The van der Waals surface area contributed by atoms with Gasteiger partial charge in [-0.1, -0.05) is 19.1 Å². The molecule has 18 heavy (non-hydrogen) atoms. The third-order valence-electron chi connectivity index (χ3n) is 3.16. The summed E-state index contributed by atoms with van der Waals surface area (Å²) in [4.78, 5) is 11.3. The summed E-state index contributed by atoms with van der Waals surface area (Å²) in [5, 5.41) is 0. The topological polar surface area (TPSA) is 102 Å². The molecular weight excluding hydrogens is 278 g/mol. The number of hydrogen-bond donors (Lipinski definition) is 2. The van der Waals surface area contributed by atoms with Gasteiger partial charge in [-0.25, -0.2) is 9.52 Å². The normalized spacial score (nSPS) is 20.1. The third kappa shape index (κ3) is 3.30. The lowest BCUT2D eigenvalue weighted by Gasteiger charge is -2.37. The van der Waals surface area contributed by atoms with E-state index in [9.17, 15) is 13.2 Å². The van der Waals surface area contributed by atoms with Crippen molar-refractivity contribution in [2.75, 3.05) is 20.2 Å². The van der Waals surface area contributed by atoms with Gasteiger partial charge in [-0.15, -0.1) is 0 Å². The Bertz CT molecular complexity index is 441. The first-order valence-electron chi connectivity index (χ1n) is 5.37. The number of nitrogens with two attached hydrogens (primary N) is 1. The molecule has 1 fully saturated rings. The van der Waals surface area contributed by atoms with E-state index >= 15 is 0 Å². The minimum Gasteiger partial charge on any atom is -0.452 e. The molecule has 1 saturated heterocycles. The number of rotatable bonds is 3. The Morgan fingerprint density at radius 1 is 1.44 bits per heavy atom. The van der Waals surface area contributed by atoms with Crippen LogP contribution in [0.4, 0.5) is 4.79 Å². The van der Waals surface area contributed by atoms with E-state index in [1.54, 1.807) is 4.72 Å². The van der Waals surface area contributed by atoms with Gasteiger partial charge in [-0.05, 0) is 12.8 Å². The molecule has 0 saturated carbocycles. The van der Waals surface area contributed by atoms with Crippen LogP contribution in [0.15, 0.2) is 0 Å². The molecule has 1 aliphatic heterocycles. The maximum absolute atomic E-state index is 11.8. The van der Waals surface area contributed by atoms with Crippen molar-refractivity contribution in [1.29, 1.82) is 0 Å². The van der Waals surface area contributed by atoms with E-state index in [4.69, 9.17) is 18.0 Å². The van der Waals surface area contributed by atoms with Crippen LogP contribution in [0.2, 0.25) is 0 Å². The van der Waals surface area contributed by atoms with Crippen LogP contribution in [0.5, 0.6) is 0 Å². The second kappa shape index (κ2) is 5.37. The highest BCUT2D eigenvalue weighted by Gasteiger charge is 2.37. The van der Waals surface area contributed by atoms with Crippen molar-refractivity contribution in [2.24, 2.45) is 11.1 Å². The second-order valence-corrected chi connectivity index (χ2v) is 6.53. The lowest BCUT2D eigenvalue weighted by Crippen LogP contribution is -2.50. The maximum Gasteiger partial charge on any atom is 0.421 e. The zero-order valence-corrected chi connectivity index (χ0v) is 11.9. The van der Waals surface area contributed by atoms with Gasteiger partial charge >= 0.3 is 16.3 Å². The van der Waals surface area contributed by atoms with Gasteiger partial charge in [0.25, 0.3) is 0 Å². The van der Waals surface area contributed by atoms with Gasteiger partial charge in [-0.3, -0.25) is 0 Å². The van der Waals surface area contributed by atoms with Crippen LogP contribution in [0.25, 0.3) is 0 Å². The molecule has 7 nitrogen and oxygen atoms in total. The number of ether oxygens (including phenoxy) is 1. The minimum atomic E-state index is -3.85. The van der Waals surface area contributed by atoms with Gasteiger partial charge in [0, 0.05) is 18.5 Å². The van der Waals surface area contributed by atoms with Crippen LogP contribution in [-0.2, 0) is 14.9 Å². The van der Waals surface area contributed by atoms with Gasteiger partial charge < -0.3 is 10.5 Å². The Morgan fingerprint density at radius 3 is 2.33 bits per heavy atom. The Morgan fingerprint density at radius 2 is 1.94 bits per heavy atom. The van der Waals surface area contributed by atoms with Gasteiger partial charge in [0.1, 0.15) is 0 Å². The molecule has 0 spiro atoms. The molecule has 0 aromatic rings. The smallest absolute Gasteiger partial charge is 0.421 e.